The van der Waals surface area contributed by atoms with Crippen molar-refractivity contribution in [3.05, 3.63) is 29.8 Å². The number of carbonyl (C=O) groups is 2. The first kappa shape index (κ1) is 19.2. The predicted molar refractivity (Wildman–Crippen MR) is 93.1 cm³/mol. The van der Waals surface area contributed by atoms with Crippen LogP contribution in [0.5, 0.6) is 0 Å². The molecule has 7 nitrogen and oxygen atoms in total. The number of alkyl halides is 3. The standard InChI is InChI=1S/C17H20F3N5O2/c1-24-5-7-25(8-6-24)16-22-13(10-14(26)23-16)15(27)21-12-4-2-3-11(9-12)17(18,19)20/h2-4,9,13H,5-8,10H2,1H3,(H,21,27)(H,22,23,26)/t13-/m0/s1. The van der Waals surface area contributed by atoms with Crippen molar-refractivity contribution >= 4 is 23.5 Å². The van der Waals surface area contributed by atoms with Crippen LogP contribution in [0.2, 0.25) is 0 Å². The highest BCUT2D eigenvalue weighted by Gasteiger charge is 2.32. The van der Waals surface area contributed by atoms with Crippen molar-refractivity contribution in [2.45, 2.75) is 18.6 Å². The fourth-order valence-electron chi connectivity index (χ4n) is 2.91. The summed E-state index contributed by atoms with van der Waals surface area (Å²) < 4.78 is 38.4. The summed E-state index contributed by atoms with van der Waals surface area (Å²) in [5.41, 5.74) is -0.847. The maximum atomic E-state index is 12.8. The van der Waals surface area contributed by atoms with E-state index >= 15 is 0 Å². The number of nitrogens with zero attached hydrogens (tertiary/aromatic N) is 3. The summed E-state index contributed by atoms with van der Waals surface area (Å²) in [4.78, 5) is 32.8. The average Bonchev–Trinajstić information content (AvgIpc) is 2.61. The van der Waals surface area contributed by atoms with Gasteiger partial charge < -0.3 is 15.1 Å². The summed E-state index contributed by atoms with van der Waals surface area (Å²) in [6.45, 7) is 2.93. The number of halogens is 3. The van der Waals surface area contributed by atoms with Gasteiger partial charge in [-0.05, 0) is 25.2 Å². The molecule has 0 aromatic heterocycles. The van der Waals surface area contributed by atoms with E-state index in [-0.39, 0.29) is 18.0 Å². The van der Waals surface area contributed by atoms with Crippen molar-refractivity contribution < 1.29 is 22.8 Å². The topological polar surface area (TPSA) is 77.0 Å². The number of guanidine groups is 1. The monoisotopic (exact) mass is 383 g/mol. The van der Waals surface area contributed by atoms with E-state index in [0.717, 1.165) is 25.2 Å². The molecular formula is C17H20F3N5O2. The Morgan fingerprint density at radius 2 is 1.96 bits per heavy atom. The van der Waals surface area contributed by atoms with Crippen molar-refractivity contribution in [3.63, 3.8) is 0 Å². The molecule has 0 unspecified atom stereocenters. The zero-order valence-electron chi connectivity index (χ0n) is 14.7. The third-order valence-corrected chi connectivity index (χ3v) is 4.47. The first-order valence-corrected chi connectivity index (χ1v) is 8.51. The minimum absolute atomic E-state index is 0.0113. The van der Waals surface area contributed by atoms with Crippen LogP contribution in [0.15, 0.2) is 29.3 Å². The molecule has 0 spiro atoms. The second-order valence-electron chi connectivity index (χ2n) is 6.58. The lowest BCUT2D eigenvalue weighted by molar-refractivity contribution is -0.137. The normalized spacial score (nSPS) is 21.5. The van der Waals surface area contributed by atoms with E-state index in [9.17, 15) is 22.8 Å². The van der Waals surface area contributed by atoms with Crippen LogP contribution in [0.1, 0.15) is 12.0 Å². The summed E-state index contributed by atoms with van der Waals surface area (Å²) in [6, 6.07) is 3.37. The van der Waals surface area contributed by atoms with Gasteiger partial charge in [-0.25, -0.2) is 4.99 Å². The predicted octanol–water partition coefficient (Wildman–Crippen LogP) is 1.14. The van der Waals surface area contributed by atoms with Crippen molar-refractivity contribution in [1.29, 1.82) is 0 Å². The maximum absolute atomic E-state index is 12.8. The number of hydrogen-bond acceptors (Lipinski definition) is 5. The van der Waals surface area contributed by atoms with Crippen LogP contribution in [-0.2, 0) is 15.8 Å². The summed E-state index contributed by atoms with van der Waals surface area (Å²) in [5.74, 6) is -0.623. The van der Waals surface area contributed by atoms with E-state index in [4.69, 9.17) is 0 Å². The van der Waals surface area contributed by atoms with Crippen molar-refractivity contribution in [3.8, 4) is 0 Å². The molecule has 27 heavy (non-hydrogen) atoms. The number of piperazine rings is 1. The van der Waals surface area contributed by atoms with Gasteiger partial charge in [0.15, 0.2) is 0 Å². The molecule has 1 aromatic rings. The first-order chi connectivity index (χ1) is 12.7. The molecule has 0 bridgehead atoms. The second-order valence-corrected chi connectivity index (χ2v) is 6.58. The highest BCUT2D eigenvalue weighted by atomic mass is 19.4. The van der Waals surface area contributed by atoms with Crippen LogP contribution in [0, 0.1) is 0 Å². The zero-order chi connectivity index (χ0) is 19.6. The number of amides is 2. The highest BCUT2D eigenvalue weighted by molar-refractivity contribution is 6.06. The van der Waals surface area contributed by atoms with Crippen molar-refractivity contribution in [2.24, 2.45) is 4.99 Å². The van der Waals surface area contributed by atoms with Crippen LogP contribution < -0.4 is 10.6 Å². The van der Waals surface area contributed by atoms with Crippen LogP contribution in [0.4, 0.5) is 18.9 Å². The lowest BCUT2D eigenvalue weighted by atomic mass is 10.1. The lowest BCUT2D eigenvalue weighted by Crippen LogP contribution is -2.55. The van der Waals surface area contributed by atoms with Crippen LogP contribution in [-0.4, -0.2) is 66.8 Å². The Hall–Kier alpha value is -2.62. The maximum Gasteiger partial charge on any atom is 0.416 e. The van der Waals surface area contributed by atoms with Crippen molar-refractivity contribution in [1.82, 2.24) is 15.1 Å². The van der Waals surface area contributed by atoms with Crippen LogP contribution in [0.3, 0.4) is 0 Å². The third-order valence-electron chi connectivity index (χ3n) is 4.47. The van der Waals surface area contributed by atoms with Gasteiger partial charge in [-0.3, -0.25) is 14.9 Å². The van der Waals surface area contributed by atoms with Gasteiger partial charge in [-0.1, -0.05) is 6.07 Å². The van der Waals surface area contributed by atoms with Gasteiger partial charge in [-0.2, -0.15) is 13.2 Å². The smallest absolute Gasteiger partial charge is 0.340 e. The van der Waals surface area contributed by atoms with Gasteiger partial charge in [0.25, 0.3) is 0 Å². The second kappa shape index (κ2) is 7.55. The van der Waals surface area contributed by atoms with Gasteiger partial charge >= 0.3 is 6.18 Å². The molecule has 2 N–H and O–H groups in total. The fourth-order valence-corrected chi connectivity index (χ4v) is 2.91. The number of anilines is 1. The van der Waals surface area contributed by atoms with Gasteiger partial charge in [-0.15, -0.1) is 0 Å². The molecule has 2 aliphatic rings. The highest BCUT2D eigenvalue weighted by Crippen LogP contribution is 2.30. The molecule has 0 saturated carbocycles. The minimum Gasteiger partial charge on any atom is -0.340 e. The van der Waals surface area contributed by atoms with E-state index in [0.29, 0.717) is 19.0 Å². The molecule has 1 atom stereocenters. The summed E-state index contributed by atoms with van der Waals surface area (Å²) in [7, 11) is 1.99. The molecule has 10 heteroatoms. The molecule has 0 radical (unpaired) electrons. The SMILES string of the molecule is CN1CCN(C2=N[C@H](C(=O)Nc3cccc(C(F)(F)F)c3)CC(=O)N2)CC1. The average molecular weight is 383 g/mol. The summed E-state index contributed by atoms with van der Waals surface area (Å²) in [5, 5.41) is 5.09. The number of nitrogens with one attached hydrogen (secondary N) is 2. The molecule has 0 aliphatic carbocycles. The number of likely N-dealkylation sites (N-methyl/N-ethyl adjacent to an activating group) is 1. The summed E-state index contributed by atoms with van der Waals surface area (Å²) in [6.07, 6.45) is -4.65. The van der Waals surface area contributed by atoms with E-state index in [1.54, 1.807) is 0 Å². The Labute approximate surface area is 154 Å². The molecule has 2 heterocycles. The number of hydrogen-bond donors (Lipinski definition) is 2. The van der Waals surface area contributed by atoms with Gasteiger partial charge in [0.2, 0.25) is 17.8 Å². The molecule has 2 amide bonds. The van der Waals surface area contributed by atoms with E-state index < -0.39 is 23.7 Å². The molecule has 146 valence electrons. The number of benzene rings is 1. The number of rotatable bonds is 2. The van der Waals surface area contributed by atoms with Gasteiger partial charge in [0.05, 0.1) is 12.0 Å². The van der Waals surface area contributed by atoms with Crippen LogP contribution >= 0.6 is 0 Å². The van der Waals surface area contributed by atoms with Gasteiger partial charge in [0.1, 0.15) is 6.04 Å². The zero-order valence-corrected chi connectivity index (χ0v) is 14.7. The Bertz CT molecular complexity index is 757. The Morgan fingerprint density at radius 1 is 1.26 bits per heavy atom. The molecule has 1 fully saturated rings. The van der Waals surface area contributed by atoms with Gasteiger partial charge in [0, 0.05) is 31.9 Å². The largest absolute Gasteiger partial charge is 0.416 e. The fraction of sp³-hybridized carbons (Fsp3) is 0.471. The number of carbonyl (C=O) groups excluding carboxylic acids is 2. The minimum atomic E-state index is -4.50. The molecule has 2 aliphatic heterocycles. The van der Waals surface area contributed by atoms with E-state index in [2.05, 4.69) is 20.5 Å². The summed E-state index contributed by atoms with van der Waals surface area (Å²) >= 11 is 0. The molecule has 3 rings (SSSR count). The van der Waals surface area contributed by atoms with Crippen LogP contribution in [0.25, 0.3) is 0 Å². The molecule has 1 aromatic carbocycles. The third kappa shape index (κ3) is 4.76. The number of aliphatic imine (C=N–C) groups is 1. The molecule has 1 saturated heterocycles. The molecular weight excluding hydrogens is 363 g/mol. The Kier molecular flexibility index (Phi) is 5.36. The lowest BCUT2D eigenvalue weighted by Gasteiger charge is -2.36. The quantitative estimate of drug-likeness (QED) is 0.803. The Morgan fingerprint density at radius 3 is 2.63 bits per heavy atom. The van der Waals surface area contributed by atoms with E-state index in [1.807, 2.05) is 11.9 Å². The Balaban J connectivity index is 1.72. The van der Waals surface area contributed by atoms with Crippen molar-refractivity contribution in [2.75, 3.05) is 38.5 Å². The first-order valence-electron chi connectivity index (χ1n) is 8.51. The van der Waals surface area contributed by atoms with E-state index in [1.165, 1.54) is 12.1 Å².